The smallest absolute Gasteiger partial charge is 0.344 e. The van der Waals surface area contributed by atoms with Gasteiger partial charge in [-0.3, -0.25) is 0 Å². The molecule has 0 bridgehead atoms. The third kappa shape index (κ3) is 8.91. The molecular formula is C27H33F5N2O3S2. The van der Waals surface area contributed by atoms with E-state index in [9.17, 15) is 26.7 Å². The molecule has 1 atom stereocenters. The van der Waals surface area contributed by atoms with E-state index >= 15 is 0 Å². The number of carboxylic acid groups (broad SMARTS) is 1. The van der Waals surface area contributed by atoms with Gasteiger partial charge in [-0.15, -0.1) is 11.8 Å². The van der Waals surface area contributed by atoms with E-state index in [-0.39, 0.29) is 24.5 Å². The third-order valence-corrected chi connectivity index (χ3v) is 8.45. The molecule has 1 fully saturated rings. The van der Waals surface area contributed by atoms with Crippen LogP contribution in [0.25, 0.3) is 0 Å². The largest absolute Gasteiger partial charge is 0.488 e. The van der Waals surface area contributed by atoms with Gasteiger partial charge in [0, 0.05) is 43.3 Å². The van der Waals surface area contributed by atoms with Gasteiger partial charge in [-0.05, 0) is 57.1 Å². The molecule has 1 heterocycles. The monoisotopic (exact) mass is 592 g/mol. The maximum atomic E-state index is 14.4. The average Bonchev–Trinajstić information content (AvgIpc) is 2.99. The zero-order valence-electron chi connectivity index (χ0n) is 22.2. The highest BCUT2D eigenvalue weighted by atomic mass is 32.2. The summed E-state index contributed by atoms with van der Waals surface area (Å²) in [5.74, 6) is -6.44. The van der Waals surface area contributed by atoms with Crippen LogP contribution in [-0.2, 0) is 4.79 Å². The molecule has 1 N–H and O–H groups in total. The molecule has 1 saturated carbocycles. The summed E-state index contributed by atoms with van der Waals surface area (Å²) in [6.07, 6.45) is -0.527. The lowest BCUT2D eigenvalue weighted by Gasteiger charge is -2.35. The van der Waals surface area contributed by atoms with Crippen LogP contribution in [0.15, 0.2) is 52.3 Å². The highest BCUT2D eigenvalue weighted by Crippen LogP contribution is 2.51. The first kappa shape index (κ1) is 31.3. The normalized spacial score (nSPS) is 19.1. The fraction of sp³-hybridized carbons (Fsp3) is 0.519. The van der Waals surface area contributed by atoms with Crippen molar-refractivity contribution in [1.29, 1.82) is 0 Å². The van der Waals surface area contributed by atoms with E-state index in [1.807, 2.05) is 43.4 Å². The summed E-state index contributed by atoms with van der Waals surface area (Å²) in [5, 5.41) is 8.81. The first-order valence-corrected chi connectivity index (χ1v) is 14.1. The van der Waals surface area contributed by atoms with Crippen LogP contribution >= 0.6 is 23.7 Å². The van der Waals surface area contributed by atoms with Crippen LogP contribution in [0.1, 0.15) is 40.0 Å². The Morgan fingerprint density at radius 2 is 1.77 bits per heavy atom. The van der Waals surface area contributed by atoms with Crippen molar-refractivity contribution in [3.8, 4) is 5.75 Å². The van der Waals surface area contributed by atoms with Crippen molar-refractivity contribution >= 4 is 41.1 Å². The Hall–Kier alpha value is -2.18. The molecule has 2 aromatic carbocycles. The molecule has 0 amide bonds. The molecule has 216 valence electrons. The highest BCUT2D eigenvalue weighted by molar-refractivity contribution is 8.00. The number of thioether (sulfide) groups is 1. The molecule has 0 radical (unpaired) electrons. The summed E-state index contributed by atoms with van der Waals surface area (Å²) < 4.78 is 71.9. The minimum Gasteiger partial charge on any atom is -0.488 e. The molecular weight excluding hydrogens is 559 g/mol. The Morgan fingerprint density at radius 3 is 2.31 bits per heavy atom. The van der Waals surface area contributed by atoms with Gasteiger partial charge in [0.1, 0.15) is 12.4 Å². The van der Waals surface area contributed by atoms with E-state index in [0.29, 0.717) is 17.2 Å². The predicted octanol–water partition coefficient (Wildman–Crippen LogP) is 7.91. The second kappa shape index (κ2) is 12.6. The number of likely N-dealkylation sites (N-methyl/N-ethyl adjacent to an activating group) is 1. The number of ether oxygens (including phenoxy) is 1. The molecule has 1 unspecified atom stereocenters. The minimum atomic E-state index is -2.67. The van der Waals surface area contributed by atoms with Crippen LogP contribution in [0, 0.1) is 0 Å². The van der Waals surface area contributed by atoms with Crippen LogP contribution in [0.3, 0.4) is 0 Å². The second-order valence-electron chi connectivity index (χ2n) is 9.92. The fourth-order valence-electron chi connectivity index (χ4n) is 3.61. The van der Waals surface area contributed by atoms with E-state index in [0.717, 1.165) is 36.7 Å². The molecule has 39 heavy (non-hydrogen) atoms. The lowest BCUT2D eigenvalue weighted by Crippen LogP contribution is -2.37. The maximum absolute atomic E-state index is 14.4. The summed E-state index contributed by atoms with van der Waals surface area (Å²) in [6.45, 7) is 4.11. The summed E-state index contributed by atoms with van der Waals surface area (Å²) in [6, 6.07) is 13.5. The van der Waals surface area contributed by atoms with Gasteiger partial charge in [-0.1, -0.05) is 25.1 Å². The predicted molar refractivity (Wildman–Crippen MR) is 146 cm³/mol. The summed E-state index contributed by atoms with van der Waals surface area (Å²) in [5.41, 5.74) is -0.674. The number of carboxylic acids is 1. The van der Waals surface area contributed by atoms with Crippen molar-refractivity contribution in [2.75, 3.05) is 31.6 Å². The number of carbonyl (C=O) groups is 1. The number of alkyl halides is 5. The third-order valence-electron chi connectivity index (χ3n) is 6.19. The molecule has 0 saturated heterocycles. The summed E-state index contributed by atoms with van der Waals surface area (Å²) in [7, 11) is 1.96. The molecule has 0 aromatic heterocycles. The molecule has 2 aliphatic rings. The Morgan fingerprint density at radius 1 is 1.15 bits per heavy atom. The molecule has 2 aromatic rings. The van der Waals surface area contributed by atoms with E-state index in [4.69, 9.17) is 9.84 Å². The van der Waals surface area contributed by atoms with E-state index in [1.165, 1.54) is 30.6 Å². The molecule has 4 rings (SSSR count). The highest BCUT2D eigenvalue weighted by Gasteiger charge is 2.46. The van der Waals surface area contributed by atoms with Gasteiger partial charge in [0.05, 0.1) is 15.5 Å². The number of benzene rings is 2. The fourth-order valence-corrected chi connectivity index (χ4v) is 5.97. The Balaban J connectivity index is 0.000000631. The van der Waals surface area contributed by atoms with Crippen molar-refractivity contribution in [3.05, 3.63) is 42.5 Å². The molecule has 0 spiro atoms. The topological polar surface area (TPSA) is 53.0 Å². The molecule has 5 nitrogen and oxygen atoms in total. The zero-order chi connectivity index (χ0) is 29.0. The van der Waals surface area contributed by atoms with Crippen molar-refractivity contribution in [1.82, 2.24) is 4.31 Å². The number of halogens is 5. The number of hydrogen-bond acceptors (Lipinski definition) is 6. The number of nitrogens with zero attached hydrogens (tertiary/aromatic N) is 2. The summed E-state index contributed by atoms with van der Waals surface area (Å²) >= 11 is 2.78. The Bertz CT molecular complexity index is 1120. The Kier molecular flexibility index (Phi) is 10.1. The van der Waals surface area contributed by atoms with Crippen molar-refractivity contribution in [2.45, 2.75) is 72.6 Å². The second-order valence-corrected chi connectivity index (χ2v) is 12.5. The number of anilines is 2. The SMILES string of the molecule is CCC(C)(F)F.CN1CCN(c2ccccc2)c2cc(SC3CC(F)(F)C3)c(OCC(C)(F)C(=O)O)cc2S1. The van der Waals surface area contributed by atoms with Gasteiger partial charge in [0.2, 0.25) is 17.5 Å². The first-order chi connectivity index (χ1) is 18.1. The van der Waals surface area contributed by atoms with Crippen molar-refractivity contribution < 1.29 is 36.6 Å². The zero-order valence-corrected chi connectivity index (χ0v) is 23.9. The first-order valence-electron chi connectivity index (χ1n) is 12.5. The number of aliphatic carboxylic acids is 1. The molecule has 1 aliphatic heterocycles. The lowest BCUT2D eigenvalue weighted by molar-refractivity contribution is -0.151. The number of rotatable bonds is 8. The summed E-state index contributed by atoms with van der Waals surface area (Å²) in [4.78, 5) is 14.8. The van der Waals surface area contributed by atoms with Crippen LogP contribution in [0.4, 0.5) is 33.3 Å². The minimum absolute atomic E-state index is 0.0625. The van der Waals surface area contributed by atoms with Gasteiger partial charge in [0.25, 0.3) is 0 Å². The quantitative estimate of drug-likeness (QED) is 0.247. The van der Waals surface area contributed by atoms with E-state index in [1.54, 1.807) is 6.07 Å². The lowest BCUT2D eigenvalue weighted by atomic mass is 9.94. The van der Waals surface area contributed by atoms with Gasteiger partial charge in [-0.25, -0.2) is 31.1 Å². The molecule has 12 heteroatoms. The van der Waals surface area contributed by atoms with E-state index in [2.05, 4.69) is 9.21 Å². The number of hydrogen-bond donors (Lipinski definition) is 1. The van der Waals surface area contributed by atoms with Crippen molar-refractivity contribution in [3.63, 3.8) is 0 Å². The van der Waals surface area contributed by atoms with Gasteiger partial charge < -0.3 is 14.7 Å². The number of fused-ring (bicyclic) bond motifs is 1. The maximum Gasteiger partial charge on any atom is 0.344 e. The van der Waals surface area contributed by atoms with Crippen LogP contribution in [0.5, 0.6) is 5.75 Å². The van der Waals surface area contributed by atoms with Gasteiger partial charge in [-0.2, -0.15) is 0 Å². The van der Waals surface area contributed by atoms with Gasteiger partial charge in [0.15, 0.2) is 0 Å². The van der Waals surface area contributed by atoms with E-state index < -0.39 is 30.1 Å². The van der Waals surface area contributed by atoms with Gasteiger partial charge >= 0.3 is 5.97 Å². The van der Waals surface area contributed by atoms with Crippen LogP contribution in [-0.4, -0.2) is 64.9 Å². The average molecular weight is 593 g/mol. The Labute approximate surface area is 234 Å². The van der Waals surface area contributed by atoms with Crippen molar-refractivity contribution in [2.24, 2.45) is 0 Å². The van der Waals surface area contributed by atoms with Crippen LogP contribution in [0.2, 0.25) is 0 Å². The number of para-hydroxylation sites is 1. The van der Waals surface area contributed by atoms with Crippen LogP contribution < -0.4 is 9.64 Å². The standard InChI is InChI=1S/C23H25F3N2O3S2.C4H8F2/c1-22(24,21(29)30)14-31-18-11-19-17(10-20(18)32-16-12-23(25,26)13-16)28(9-8-27(2)33-19)15-6-4-3-5-7-15;1-3-4(2,5)6/h3-7,10-11,16H,8-9,12-14H2,1-2H3,(H,29,30);3H2,1-2H3. The molecule has 1 aliphatic carbocycles.